The minimum absolute atomic E-state index is 0.0250. The average Bonchev–Trinajstić information content (AvgIpc) is 3.38. The predicted octanol–water partition coefficient (Wildman–Crippen LogP) is 1.17. The van der Waals surface area contributed by atoms with Crippen LogP contribution in [-0.2, 0) is 9.59 Å². The van der Waals surface area contributed by atoms with Crippen molar-refractivity contribution >= 4 is 29.6 Å². The van der Waals surface area contributed by atoms with Crippen LogP contribution in [0.3, 0.4) is 0 Å². The van der Waals surface area contributed by atoms with Crippen molar-refractivity contribution in [3.05, 3.63) is 0 Å². The molecule has 2 heterocycles. The Kier molecular flexibility index (Phi) is 5.02. The van der Waals surface area contributed by atoms with E-state index in [1.807, 2.05) is 0 Å². The first-order valence-electron chi connectivity index (χ1n) is 9.46. The van der Waals surface area contributed by atoms with Gasteiger partial charge in [-0.05, 0) is 36.1 Å². The molecule has 1 aromatic heterocycles. The standard InChI is InChI=1S/C16H23N7O3S/c24-12(10-27-15-18-20-21-22(15)11-6-2-3-7-11)19-23-13(25)16(17-14(23)26)8-4-1-5-9-16/h11H,1-10H2,(H,17,26)(H,19,24). The summed E-state index contributed by atoms with van der Waals surface area (Å²) in [6.45, 7) is 0. The molecule has 27 heavy (non-hydrogen) atoms. The molecule has 0 unspecified atom stereocenters. The monoisotopic (exact) mass is 393 g/mol. The van der Waals surface area contributed by atoms with Crippen LogP contribution in [0.15, 0.2) is 5.16 Å². The number of urea groups is 1. The van der Waals surface area contributed by atoms with Gasteiger partial charge >= 0.3 is 6.03 Å². The summed E-state index contributed by atoms with van der Waals surface area (Å²) < 4.78 is 1.77. The van der Waals surface area contributed by atoms with Gasteiger partial charge in [-0.1, -0.05) is 43.9 Å². The summed E-state index contributed by atoms with van der Waals surface area (Å²) in [5.41, 5.74) is 1.59. The summed E-state index contributed by atoms with van der Waals surface area (Å²) in [6, 6.07) is -0.279. The second kappa shape index (κ2) is 7.45. The molecule has 0 atom stereocenters. The van der Waals surface area contributed by atoms with E-state index >= 15 is 0 Å². The molecular formula is C16H23N7O3S. The first-order chi connectivity index (χ1) is 13.1. The predicted molar refractivity (Wildman–Crippen MR) is 95.4 cm³/mol. The molecule has 3 aliphatic rings. The zero-order chi connectivity index (χ0) is 18.9. The van der Waals surface area contributed by atoms with Crippen molar-refractivity contribution in [3.8, 4) is 0 Å². The van der Waals surface area contributed by atoms with Crippen LogP contribution in [-0.4, -0.2) is 54.4 Å². The molecule has 4 rings (SSSR count). The van der Waals surface area contributed by atoms with Crippen molar-refractivity contribution in [1.82, 2.24) is 36.0 Å². The highest BCUT2D eigenvalue weighted by Crippen LogP contribution is 2.33. The van der Waals surface area contributed by atoms with E-state index in [0.717, 1.165) is 50.0 Å². The number of carbonyl (C=O) groups is 3. The third kappa shape index (κ3) is 3.52. The maximum atomic E-state index is 12.7. The van der Waals surface area contributed by atoms with Crippen molar-refractivity contribution in [2.45, 2.75) is 74.5 Å². The third-order valence-corrected chi connectivity index (χ3v) is 6.50. The van der Waals surface area contributed by atoms with Crippen molar-refractivity contribution < 1.29 is 14.4 Å². The lowest BCUT2D eigenvalue weighted by Gasteiger charge is -2.30. The number of carbonyl (C=O) groups excluding carboxylic acids is 3. The Labute approximate surface area is 160 Å². The zero-order valence-electron chi connectivity index (χ0n) is 15.0. The van der Waals surface area contributed by atoms with Crippen molar-refractivity contribution in [3.63, 3.8) is 0 Å². The van der Waals surface area contributed by atoms with Gasteiger partial charge in [0, 0.05) is 0 Å². The number of thioether (sulfide) groups is 1. The zero-order valence-corrected chi connectivity index (χ0v) is 15.8. The highest BCUT2D eigenvalue weighted by molar-refractivity contribution is 7.99. The highest BCUT2D eigenvalue weighted by atomic mass is 32.2. The number of aromatic nitrogens is 4. The van der Waals surface area contributed by atoms with Crippen LogP contribution in [0.1, 0.15) is 63.8 Å². The molecule has 0 aromatic carbocycles. The van der Waals surface area contributed by atoms with Gasteiger partial charge in [-0.15, -0.1) is 5.10 Å². The summed E-state index contributed by atoms with van der Waals surface area (Å²) >= 11 is 1.21. The van der Waals surface area contributed by atoms with Gasteiger partial charge in [0.2, 0.25) is 11.1 Å². The van der Waals surface area contributed by atoms with Crippen molar-refractivity contribution in [2.24, 2.45) is 0 Å². The number of tetrazole rings is 1. The van der Waals surface area contributed by atoms with E-state index in [1.165, 1.54) is 11.8 Å². The van der Waals surface area contributed by atoms with Gasteiger partial charge in [-0.25, -0.2) is 9.48 Å². The van der Waals surface area contributed by atoms with Crippen LogP contribution in [0.2, 0.25) is 0 Å². The lowest BCUT2D eigenvalue weighted by Crippen LogP contribution is -2.51. The minimum atomic E-state index is -0.845. The SMILES string of the molecule is O=C(CSc1nnnn1C1CCCC1)NN1C(=O)NC2(CCCCC2)C1=O. The number of imide groups is 1. The van der Waals surface area contributed by atoms with Gasteiger partial charge < -0.3 is 5.32 Å². The number of hydrogen-bond acceptors (Lipinski definition) is 7. The van der Waals surface area contributed by atoms with E-state index in [9.17, 15) is 14.4 Å². The van der Waals surface area contributed by atoms with E-state index in [2.05, 4.69) is 26.3 Å². The Morgan fingerprint density at radius 1 is 1.19 bits per heavy atom. The number of amides is 4. The summed E-state index contributed by atoms with van der Waals surface area (Å²) in [4.78, 5) is 37.2. The molecule has 0 bridgehead atoms. The fraction of sp³-hybridized carbons (Fsp3) is 0.750. The lowest BCUT2D eigenvalue weighted by molar-refractivity contribution is -0.139. The van der Waals surface area contributed by atoms with Crippen LogP contribution >= 0.6 is 11.8 Å². The second-order valence-electron chi connectivity index (χ2n) is 7.38. The Morgan fingerprint density at radius 2 is 1.93 bits per heavy atom. The molecule has 1 aromatic rings. The molecule has 1 spiro atoms. The summed E-state index contributed by atoms with van der Waals surface area (Å²) in [5.74, 6) is -0.768. The van der Waals surface area contributed by atoms with Crippen LogP contribution in [0.25, 0.3) is 0 Å². The molecular weight excluding hydrogens is 370 g/mol. The maximum Gasteiger partial charge on any atom is 0.344 e. The molecule has 4 amide bonds. The Hall–Kier alpha value is -2.17. The van der Waals surface area contributed by atoms with Gasteiger partial charge in [-0.2, -0.15) is 5.01 Å². The largest absolute Gasteiger partial charge is 0.344 e. The highest BCUT2D eigenvalue weighted by Gasteiger charge is 2.52. The minimum Gasteiger partial charge on any atom is -0.322 e. The molecule has 1 saturated heterocycles. The molecule has 2 saturated carbocycles. The molecule has 0 radical (unpaired) electrons. The van der Waals surface area contributed by atoms with Crippen LogP contribution in [0.5, 0.6) is 0 Å². The maximum absolute atomic E-state index is 12.7. The fourth-order valence-electron chi connectivity index (χ4n) is 4.16. The van der Waals surface area contributed by atoms with Crippen molar-refractivity contribution in [2.75, 3.05) is 5.75 Å². The molecule has 1 aliphatic heterocycles. The molecule has 11 heteroatoms. The van der Waals surface area contributed by atoms with Gasteiger partial charge in [0.1, 0.15) is 5.54 Å². The van der Waals surface area contributed by atoms with Gasteiger partial charge in [0.05, 0.1) is 11.8 Å². The van der Waals surface area contributed by atoms with E-state index in [0.29, 0.717) is 18.0 Å². The van der Waals surface area contributed by atoms with Crippen molar-refractivity contribution in [1.29, 1.82) is 0 Å². The normalized spacial score (nSPS) is 22.4. The van der Waals surface area contributed by atoms with Crippen LogP contribution in [0.4, 0.5) is 4.79 Å². The van der Waals surface area contributed by atoms with Gasteiger partial charge in [0.15, 0.2) is 0 Å². The molecule has 2 aliphatic carbocycles. The van der Waals surface area contributed by atoms with Gasteiger partial charge in [0.25, 0.3) is 5.91 Å². The number of hydrogen-bond donors (Lipinski definition) is 2. The topological polar surface area (TPSA) is 122 Å². The Balaban J connectivity index is 1.34. The fourth-order valence-corrected chi connectivity index (χ4v) is 4.90. The van der Waals surface area contributed by atoms with E-state index in [-0.39, 0.29) is 17.7 Å². The first-order valence-corrected chi connectivity index (χ1v) is 10.4. The van der Waals surface area contributed by atoms with E-state index < -0.39 is 17.5 Å². The van der Waals surface area contributed by atoms with Gasteiger partial charge in [-0.3, -0.25) is 15.0 Å². The van der Waals surface area contributed by atoms with E-state index in [4.69, 9.17) is 0 Å². The Morgan fingerprint density at radius 3 is 2.67 bits per heavy atom. The summed E-state index contributed by atoms with van der Waals surface area (Å²) in [7, 11) is 0. The average molecular weight is 393 g/mol. The second-order valence-corrected chi connectivity index (χ2v) is 8.32. The molecule has 10 nitrogen and oxygen atoms in total. The first kappa shape index (κ1) is 18.2. The number of nitrogens with zero attached hydrogens (tertiary/aromatic N) is 5. The Bertz CT molecular complexity index is 740. The molecule has 146 valence electrons. The number of rotatable bonds is 5. The number of hydrazine groups is 1. The van der Waals surface area contributed by atoms with E-state index in [1.54, 1.807) is 4.68 Å². The van der Waals surface area contributed by atoms with Crippen LogP contribution < -0.4 is 10.7 Å². The lowest BCUT2D eigenvalue weighted by atomic mass is 9.82. The van der Waals surface area contributed by atoms with Crippen LogP contribution in [0, 0.1) is 0 Å². The smallest absolute Gasteiger partial charge is 0.322 e. The summed E-state index contributed by atoms with van der Waals surface area (Å²) in [6.07, 6.45) is 8.48. The number of nitrogens with one attached hydrogen (secondary N) is 2. The molecule has 3 fully saturated rings. The quantitative estimate of drug-likeness (QED) is 0.569. The molecule has 2 N–H and O–H groups in total. The summed E-state index contributed by atoms with van der Waals surface area (Å²) in [5, 5.41) is 15.9. The third-order valence-electron chi connectivity index (χ3n) is 5.57.